The summed E-state index contributed by atoms with van der Waals surface area (Å²) in [6.45, 7) is 0.363. The van der Waals surface area contributed by atoms with Gasteiger partial charge in [-0.1, -0.05) is 12.1 Å². The molecule has 0 aliphatic rings. The predicted molar refractivity (Wildman–Crippen MR) is 79.2 cm³/mol. The summed E-state index contributed by atoms with van der Waals surface area (Å²) < 4.78 is 0. The quantitative estimate of drug-likeness (QED) is 0.349. The molecule has 0 bridgehead atoms. The van der Waals surface area contributed by atoms with Crippen LogP contribution in [-0.2, 0) is 11.3 Å². The number of nitrogens with zero attached hydrogens (tertiary/aromatic N) is 1. The predicted octanol–water partition coefficient (Wildman–Crippen LogP) is 1.31. The van der Waals surface area contributed by atoms with E-state index in [1.54, 1.807) is 12.5 Å². The zero-order chi connectivity index (χ0) is 15.1. The van der Waals surface area contributed by atoms with Crippen molar-refractivity contribution in [1.29, 1.82) is 0 Å². The van der Waals surface area contributed by atoms with E-state index in [4.69, 9.17) is 16.3 Å². The third-order valence-electron chi connectivity index (χ3n) is 3.16. The van der Waals surface area contributed by atoms with Gasteiger partial charge in [0.15, 0.2) is 0 Å². The number of benzene rings is 1. The summed E-state index contributed by atoms with van der Waals surface area (Å²) in [7, 11) is 0. The van der Waals surface area contributed by atoms with Crippen LogP contribution in [0.3, 0.4) is 0 Å². The molecule has 1 unspecified atom stereocenters. The number of primary amides is 1. The lowest BCUT2D eigenvalue weighted by Crippen LogP contribution is -2.30. The maximum Gasteiger partial charge on any atom is 0.336 e. The summed E-state index contributed by atoms with van der Waals surface area (Å²) in [5, 5.41) is 0. The molecule has 0 saturated heterocycles. The van der Waals surface area contributed by atoms with Crippen molar-refractivity contribution in [2.24, 2.45) is 5.73 Å². The van der Waals surface area contributed by atoms with E-state index < -0.39 is 6.03 Å². The van der Waals surface area contributed by atoms with E-state index in [-0.39, 0.29) is 5.92 Å². The fraction of sp³-hybridized carbons (Fsp3) is 0.286. The molecule has 7 nitrogen and oxygen atoms in total. The lowest BCUT2D eigenvalue weighted by molar-refractivity contribution is 0.0594. The number of aromatic nitrogens is 2. The molecule has 0 radical (unpaired) electrons. The number of nitrogens with two attached hydrogens (primary N) is 2. The second-order valence-corrected chi connectivity index (χ2v) is 4.75. The minimum Gasteiger partial charge on any atom is -0.399 e. The van der Waals surface area contributed by atoms with E-state index in [1.807, 2.05) is 24.3 Å². The molecule has 6 N–H and O–H groups in total. The number of hydroxylamine groups is 1. The first-order valence-electron chi connectivity index (χ1n) is 6.65. The Morgan fingerprint density at radius 3 is 2.76 bits per heavy atom. The maximum atomic E-state index is 10.6. The van der Waals surface area contributed by atoms with Gasteiger partial charge in [0.05, 0.1) is 12.9 Å². The molecule has 7 heteroatoms. The number of anilines is 1. The van der Waals surface area contributed by atoms with Gasteiger partial charge < -0.3 is 16.5 Å². The van der Waals surface area contributed by atoms with Crippen LogP contribution < -0.4 is 16.9 Å². The molecule has 21 heavy (non-hydrogen) atoms. The highest BCUT2D eigenvalue weighted by Crippen LogP contribution is 2.23. The minimum absolute atomic E-state index is 0.200. The molecule has 2 rings (SSSR count). The van der Waals surface area contributed by atoms with Crippen LogP contribution in [0.4, 0.5) is 10.5 Å². The summed E-state index contributed by atoms with van der Waals surface area (Å²) in [5.74, 6) is 0.200. The number of urea groups is 1. The highest BCUT2D eigenvalue weighted by atomic mass is 16.7. The Labute approximate surface area is 122 Å². The van der Waals surface area contributed by atoms with Crippen LogP contribution in [0, 0.1) is 0 Å². The Morgan fingerprint density at radius 1 is 1.38 bits per heavy atom. The summed E-state index contributed by atoms with van der Waals surface area (Å²) >= 11 is 0. The molecule has 0 aliphatic heterocycles. The van der Waals surface area contributed by atoms with Crippen molar-refractivity contribution in [3.63, 3.8) is 0 Å². The van der Waals surface area contributed by atoms with Crippen LogP contribution in [0.5, 0.6) is 0 Å². The molecule has 2 amide bonds. The zero-order valence-corrected chi connectivity index (χ0v) is 11.6. The molecule has 0 saturated carbocycles. The van der Waals surface area contributed by atoms with Crippen LogP contribution in [0.25, 0.3) is 0 Å². The monoisotopic (exact) mass is 289 g/mol. The molecular formula is C14H19N5O2. The number of carbonyl (C=O) groups is 1. The van der Waals surface area contributed by atoms with Crippen LogP contribution >= 0.6 is 0 Å². The van der Waals surface area contributed by atoms with Crippen LogP contribution in [0.1, 0.15) is 23.6 Å². The van der Waals surface area contributed by atoms with E-state index in [2.05, 4.69) is 15.4 Å². The first kappa shape index (κ1) is 14.9. The maximum absolute atomic E-state index is 10.6. The van der Waals surface area contributed by atoms with Gasteiger partial charge in [0.2, 0.25) is 0 Å². The average Bonchev–Trinajstić information content (AvgIpc) is 2.98. The number of H-pyrrole nitrogens is 1. The molecule has 0 spiro atoms. The largest absolute Gasteiger partial charge is 0.399 e. The highest BCUT2D eigenvalue weighted by molar-refractivity contribution is 5.70. The summed E-state index contributed by atoms with van der Waals surface area (Å²) in [4.78, 5) is 22.7. The molecule has 1 heterocycles. The van der Waals surface area contributed by atoms with E-state index in [1.165, 1.54) is 5.56 Å². The van der Waals surface area contributed by atoms with Gasteiger partial charge in [-0.25, -0.2) is 15.3 Å². The van der Waals surface area contributed by atoms with Gasteiger partial charge in [0.25, 0.3) is 0 Å². The lowest BCUT2D eigenvalue weighted by atomic mass is 9.94. The molecule has 1 aromatic heterocycles. The highest BCUT2D eigenvalue weighted by Gasteiger charge is 2.14. The van der Waals surface area contributed by atoms with Crippen molar-refractivity contribution in [2.45, 2.75) is 18.8 Å². The van der Waals surface area contributed by atoms with E-state index in [0.717, 1.165) is 17.8 Å². The number of rotatable bonds is 7. The number of nitrogen functional groups attached to an aromatic ring is 1. The van der Waals surface area contributed by atoms with Crippen molar-refractivity contribution in [3.05, 3.63) is 48.0 Å². The van der Waals surface area contributed by atoms with Crippen LogP contribution in [-0.4, -0.2) is 22.6 Å². The summed E-state index contributed by atoms with van der Waals surface area (Å²) in [6, 6.07) is 7.06. The molecule has 112 valence electrons. The van der Waals surface area contributed by atoms with Crippen molar-refractivity contribution in [2.75, 3.05) is 12.3 Å². The van der Waals surface area contributed by atoms with Crippen molar-refractivity contribution < 1.29 is 9.63 Å². The second kappa shape index (κ2) is 7.30. The molecular weight excluding hydrogens is 270 g/mol. The minimum atomic E-state index is -0.702. The third kappa shape index (κ3) is 4.81. The summed E-state index contributed by atoms with van der Waals surface area (Å²) in [5.41, 5.74) is 15.7. The number of aromatic amines is 1. The number of amides is 2. The van der Waals surface area contributed by atoms with Crippen LogP contribution in [0.2, 0.25) is 0 Å². The Morgan fingerprint density at radius 2 is 2.14 bits per heavy atom. The van der Waals surface area contributed by atoms with Crippen LogP contribution in [0.15, 0.2) is 36.8 Å². The molecule has 1 atom stereocenters. The molecule has 2 aromatic rings. The van der Waals surface area contributed by atoms with Gasteiger partial charge in [0, 0.05) is 23.5 Å². The smallest absolute Gasteiger partial charge is 0.336 e. The zero-order valence-electron chi connectivity index (χ0n) is 11.6. The topological polar surface area (TPSA) is 119 Å². The standard InChI is InChI=1S/C14H19N5O2/c15-12-3-1-10(2-4-12)7-11(13-8-17-9-18-13)5-6-21-19-14(16)20/h1-4,8-9,11H,5-7,15H2,(H,17,18)(H3,16,19,20). The normalized spacial score (nSPS) is 12.0. The van der Waals surface area contributed by atoms with Crippen molar-refractivity contribution in [3.8, 4) is 0 Å². The van der Waals surface area contributed by atoms with Gasteiger partial charge in [0.1, 0.15) is 0 Å². The van der Waals surface area contributed by atoms with Crippen molar-refractivity contribution in [1.82, 2.24) is 15.4 Å². The first-order valence-corrected chi connectivity index (χ1v) is 6.65. The van der Waals surface area contributed by atoms with E-state index in [9.17, 15) is 4.79 Å². The number of hydrogen-bond donors (Lipinski definition) is 4. The SMILES string of the molecule is NC(=O)NOCCC(Cc1ccc(N)cc1)c1cnc[nH]1. The fourth-order valence-electron chi connectivity index (χ4n) is 2.12. The van der Waals surface area contributed by atoms with Gasteiger partial charge >= 0.3 is 6.03 Å². The molecule has 0 aliphatic carbocycles. The number of carbonyl (C=O) groups excluding carboxylic acids is 1. The number of hydrogen-bond acceptors (Lipinski definition) is 4. The number of nitrogens with one attached hydrogen (secondary N) is 2. The second-order valence-electron chi connectivity index (χ2n) is 4.75. The van der Waals surface area contributed by atoms with Gasteiger partial charge in [-0.3, -0.25) is 4.84 Å². The summed E-state index contributed by atoms with van der Waals surface area (Å²) in [6.07, 6.45) is 4.98. The van der Waals surface area contributed by atoms with Gasteiger partial charge in [-0.15, -0.1) is 0 Å². The van der Waals surface area contributed by atoms with Gasteiger partial charge in [-0.2, -0.15) is 0 Å². The van der Waals surface area contributed by atoms with E-state index >= 15 is 0 Å². The Bertz CT molecular complexity index is 553. The average molecular weight is 289 g/mol. The fourth-order valence-corrected chi connectivity index (χ4v) is 2.12. The van der Waals surface area contributed by atoms with E-state index in [0.29, 0.717) is 13.0 Å². The molecule has 1 aromatic carbocycles. The lowest BCUT2D eigenvalue weighted by Gasteiger charge is -2.15. The Balaban J connectivity index is 1.96. The Hall–Kier alpha value is -2.54. The Kier molecular flexibility index (Phi) is 5.16. The third-order valence-corrected chi connectivity index (χ3v) is 3.16. The number of imidazole rings is 1. The van der Waals surface area contributed by atoms with Crippen molar-refractivity contribution >= 4 is 11.7 Å². The first-order chi connectivity index (χ1) is 10.1. The molecule has 0 fully saturated rings. The van der Waals surface area contributed by atoms with Gasteiger partial charge in [-0.05, 0) is 30.5 Å².